The Morgan fingerprint density at radius 2 is 1.36 bits per heavy atom. The number of unbranched alkanes of at least 4 members (excludes halogenated alkanes) is 2. The van der Waals surface area contributed by atoms with Crippen molar-refractivity contribution in [2.24, 2.45) is 0 Å². The van der Waals surface area contributed by atoms with Gasteiger partial charge < -0.3 is 14.9 Å². The number of fused-ring (bicyclic) bond motifs is 6. The number of benzene rings is 4. The average Bonchev–Trinajstić information content (AvgIpc) is 3.44. The van der Waals surface area contributed by atoms with Crippen molar-refractivity contribution >= 4 is 44.5 Å². The van der Waals surface area contributed by atoms with Crippen LogP contribution in [-0.2, 0) is 10.8 Å². The minimum atomic E-state index is -1.19. The van der Waals surface area contributed by atoms with Crippen molar-refractivity contribution in [3.63, 3.8) is 0 Å². The van der Waals surface area contributed by atoms with Crippen molar-refractivity contribution < 1.29 is 5.11 Å². The molecule has 1 atom stereocenters. The summed E-state index contributed by atoms with van der Waals surface area (Å²) in [6.45, 7) is 15.4. The summed E-state index contributed by atoms with van der Waals surface area (Å²) in [6.07, 6.45) is 16.0. The molecule has 0 saturated carbocycles. The lowest BCUT2D eigenvalue weighted by molar-refractivity contribution is 0.0297. The molecular weight excluding hydrogens is 632 g/mol. The first-order chi connectivity index (χ1) is 24.0. The first-order valence-corrected chi connectivity index (χ1v) is 19.2. The maximum absolute atomic E-state index is 12.8. The number of aliphatic hydroxyl groups is 1. The number of halogens is 1. The molecule has 3 nitrogen and oxygen atoms in total. The van der Waals surface area contributed by atoms with E-state index < -0.39 is 11.1 Å². The monoisotopic (exact) mass is 684 g/mol. The summed E-state index contributed by atoms with van der Waals surface area (Å²) in [4.78, 5) is 4.79. The van der Waals surface area contributed by atoms with E-state index in [-0.39, 0.29) is 5.41 Å². The molecule has 4 heteroatoms. The van der Waals surface area contributed by atoms with Crippen LogP contribution >= 0.6 is 11.6 Å². The number of hydrogen-bond donors (Lipinski definition) is 1. The SMILES string of the molecule is CCCCN1/C(=C/C=C2/CCCC(/C=C/C3(O)N(CCCC)c4ccc5ccccc5c4C3(C)C)=C2Cl)C(C)(C)c2c1ccc1ccccc21. The zero-order chi connectivity index (χ0) is 35.3. The molecule has 260 valence electrons. The Hall–Kier alpha value is -3.79. The van der Waals surface area contributed by atoms with E-state index in [1.165, 1.54) is 49.6 Å². The van der Waals surface area contributed by atoms with Gasteiger partial charge in [0.1, 0.15) is 0 Å². The molecular formula is C46H53ClN2O. The van der Waals surface area contributed by atoms with Crippen molar-refractivity contribution in [1.82, 2.24) is 0 Å². The van der Waals surface area contributed by atoms with Crippen LogP contribution in [0.3, 0.4) is 0 Å². The van der Waals surface area contributed by atoms with E-state index in [2.05, 4.69) is 142 Å². The van der Waals surface area contributed by atoms with Crippen LogP contribution in [0.2, 0.25) is 0 Å². The summed E-state index contributed by atoms with van der Waals surface area (Å²) in [5.41, 5.74) is 6.83. The second kappa shape index (κ2) is 13.4. The highest BCUT2D eigenvalue weighted by Gasteiger charge is 2.55. The summed E-state index contributed by atoms with van der Waals surface area (Å²) in [6, 6.07) is 26.3. The summed E-state index contributed by atoms with van der Waals surface area (Å²) in [7, 11) is 0. The molecule has 1 N–H and O–H groups in total. The molecule has 4 aromatic carbocycles. The smallest absolute Gasteiger partial charge is 0.167 e. The Labute approximate surface area is 304 Å². The highest BCUT2D eigenvalue weighted by Crippen LogP contribution is 2.54. The molecule has 1 aliphatic carbocycles. The Morgan fingerprint density at radius 1 is 0.740 bits per heavy atom. The first-order valence-electron chi connectivity index (χ1n) is 18.9. The quantitative estimate of drug-likeness (QED) is 0.190. The predicted octanol–water partition coefficient (Wildman–Crippen LogP) is 12.2. The number of allylic oxidation sites excluding steroid dienone is 7. The second-order valence-electron chi connectivity index (χ2n) is 15.6. The molecule has 0 spiro atoms. The first kappa shape index (κ1) is 34.6. The average molecular weight is 685 g/mol. The van der Waals surface area contributed by atoms with E-state index in [4.69, 9.17) is 11.6 Å². The second-order valence-corrected chi connectivity index (χ2v) is 16.0. The number of hydrogen-bond acceptors (Lipinski definition) is 3. The highest BCUT2D eigenvalue weighted by atomic mass is 35.5. The maximum Gasteiger partial charge on any atom is 0.167 e. The Bertz CT molecular complexity index is 2060. The molecule has 2 aliphatic heterocycles. The molecule has 7 rings (SSSR count). The van der Waals surface area contributed by atoms with Gasteiger partial charge in [-0.05, 0) is 100 Å². The fourth-order valence-corrected chi connectivity index (χ4v) is 9.26. The van der Waals surface area contributed by atoms with E-state index in [0.717, 1.165) is 74.3 Å². The van der Waals surface area contributed by atoms with Crippen LogP contribution in [0.1, 0.15) is 97.6 Å². The lowest BCUT2D eigenvalue weighted by atomic mass is 9.75. The minimum Gasteiger partial charge on any atom is -0.366 e. The maximum atomic E-state index is 12.8. The molecule has 0 fully saturated rings. The molecule has 50 heavy (non-hydrogen) atoms. The Kier molecular flexibility index (Phi) is 9.29. The van der Waals surface area contributed by atoms with Gasteiger partial charge in [-0.15, -0.1) is 0 Å². The fourth-order valence-electron chi connectivity index (χ4n) is 8.95. The Morgan fingerprint density at radius 3 is 2.04 bits per heavy atom. The van der Waals surface area contributed by atoms with Gasteiger partial charge in [-0.25, -0.2) is 0 Å². The van der Waals surface area contributed by atoms with E-state index in [0.29, 0.717) is 0 Å². The number of anilines is 2. The highest BCUT2D eigenvalue weighted by molar-refractivity contribution is 6.32. The lowest BCUT2D eigenvalue weighted by Crippen LogP contribution is -2.54. The van der Waals surface area contributed by atoms with Crippen LogP contribution in [0, 0.1) is 0 Å². The predicted molar refractivity (Wildman–Crippen MR) is 215 cm³/mol. The van der Waals surface area contributed by atoms with E-state index in [1.807, 2.05) is 6.08 Å². The van der Waals surface area contributed by atoms with Crippen LogP contribution in [0.15, 0.2) is 119 Å². The third-order valence-corrected chi connectivity index (χ3v) is 12.3. The standard InChI is InChI=1S/C46H53ClN2O/c1-7-9-30-48-38-25-22-32-16-11-13-20-36(32)41(38)44(3,4)40(48)27-24-34-18-15-19-35(43(34)47)28-29-46(50)45(5,6)42-37-21-14-12-17-33(37)23-26-39(42)49(46)31-10-8-2/h11-14,16-17,20-29,50H,7-10,15,18-19,30-31H2,1-6H3/b29-28+,34-24-,40-27+. The molecule has 3 aliphatic rings. The normalized spacial score (nSPS) is 22.9. The molecule has 4 aromatic rings. The van der Waals surface area contributed by atoms with E-state index >= 15 is 0 Å². The van der Waals surface area contributed by atoms with Crippen LogP contribution in [0.4, 0.5) is 11.4 Å². The van der Waals surface area contributed by atoms with Crippen molar-refractivity contribution in [3.8, 4) is 0 Å². The molecule has 0 radical (unpaired) electrons. The molecule has 0 aromatic heterocycles. The minimum absolute atomic E-state index is 0.146. The Balaban J connectivity index is 1.26. The van der Waals surface area contributed by atoms with Gasteiger partial charge in [-0.3, -0.25) is 0 Å². The zero-order valence-corrected chi connectivity index (χ0v) is 31.6. The van der Waals surface area contributed by atoms with Crippen LogP contribution in [0.5, 0.6) is 0 Å². The summed E-state index contributed by atoms with van der Waals surface area (Å²) >= 11 is 7.30. The number of rotatable bonds is 9. The molecule has 0 bridgehead atoms. The number of nitrogens with zero attached hydrogens (tertiary/aromatic N) is 2. The third-order valence-electron chi connectivity index (χ3n) is 11.8. The van der Waals surface area contributed by atoms with Gasteiger partial charge in [-0.1, -0.05) is 139 Å². The van der Waals surface area contributed by atoms with Crippen molar-refractivity contribution in [3.05, 3.63) is 130 Å². The van der Waals surface area contributed by atoms with Crippen LogP contribution < -0.4 is 9.80 Å². The molecule has 1 unspecified atom stereocenters. The van der Waals surface area contributed by atoms with Gasteiger partial charge in [-0.2, -0.15) is 0 Å². The van der Waals surface area contributed by atoms with Crippen molar-refractivity contribution in [2.75, 3.05) is 22.9 Å². The van der Waals surface area contributed by atoms with Gasteiger partial charge in [0.15, 0.2) is 5.72 Å². The van der Waals surface area contributed by atoms with Gasteiger partial charge in [0, 0.05) is 46.0 Å². The lowest BCUT2D eigenvalue weighted by Gasteiger charge is -2.41. The fraction of sp³-hybridized carbons (Fsp3) is 0.391. The summed E-state index contributed by atoms with van der Waals surface area (Å²) in [5.74, 6) is 0. The van der Waals surface area contributed by atoms with Gasteiger partial charge in [0.05, 0.1) is 0 Å². The zero-order valence-electron chi connectivity index (χ0n) is 30.8. The van der Waals surface area contributed by atoms with E-state index in [1.54, 1.807) is 0 Å². The molecule has 0 amide bonds. The van der Waals surface area contributed by atoms with Crippen molar-refractivity contribution in [2.45, 2.75) is 103 Å². The largest absolute Gasteiger partial charge is 0.366 e. The molecule has 2 heterocycles. The summed E-state index contributed by atoms with van der Waals surface area (Å²) < 4.78 is 0. The van der Waals surface area contributed by atoms with Gasteiger partial charge in [0.25, 0.3) is 0 Å². The summed E-state index contributed by atoms with van der Waals surface area (Å²) in [5, 5.41) is 18.7. The third kappa shape index (κ3) is 5.53. The van der Waals surface area contributed by atoms with E-state index in [9.17, 15) is 5.11 Å². The topological polar surface area (TPSA) is 26.7 Å². The molecule has 0 saturated heterocycles. The van der Waals surface area contributed by atoms with Gasteiger partial charge >= 0.3 is 0 Å². The van der Waals surface area contributed by atoms with Crippen LogP contribution in [-0.4, -0.2) is 23.9 Å². The van der Waals surface area contributed by atoms with Crippen molar-refractivity contribution in [1.29, 1.82) is 0 Å². The van der Waals surface area contributed by atoms with Crippen LogP contribution in [0.25, 0.3) is 21.5 Å². The van der Waals surface area contributed by atoms with Gasteiger partial charge in [0.2, 0.25) is 0 Å².